The number of fused-ring (bicyclic) bond motifs is 1. The zero-order valence-corrected chi connectivity index (χ0v) is 24.6. The fraction of sp³-hybridized carbons (Fsp3) is 0.414. The van der Waals surface area contributed by atoms with E-state index in [1.165, 1.54) is 6.92 Å². The highest BCUT2D eigenvalue weighted by Crippen LogP contribution is 2.37. The van der Waals surface area contributed by atoms with Gasteiger partial charge in [-0.05, 0) is 67.5 Å². The van der Waals surface area contributed by atoms with E-state index in [0.29, 0.717) is 50.8 Å². The minimum atomic E-state index is -1.03. The molecular weight excluding hydrogens is 619 g/mol. The van der Waals surface area contributed by atoms with E-state index >= 15 is 0 Å². The molecule has 0 saturated heterocycles. The number of aliphatic hydroxyl groups excluding tert-OH is 1. The van der Waals surface area contributed by atoms with Crippen molar-refractivity contribution in [1.82, 2.24) is 0 Å². The van der Waals surface area contributed by atoms with E-state index in [-0.39, 0.29) is 53.7 Å². The Kier molecular flexibility index (Phi) is 10.8. The van der Waals surface area contributed by atoms with Crippen LogP contribution in [0.2, 0.25) is 0 Å². The van der Waals surface area contributed by atoms with Crippen molar-refractivity contribution in [2.45, 2.75) is 59.5 Å². The predicted octanol–water partition coefficient (Wildman–Crippen LogP) is 5.21. The van der Waals surface area contributed by atoms with Gasteiger partial charge in [0.05, 0.1) is 21.1 Å². The summed E-state index contributed by atoms with van der Waals surface area (Å²) in [5, 5.41) is 21.6. The minimum absolute atomic E-state index is 0.102. The molecule has 0 fully saturated rings. The molecule has 3 aromatic rings. The number of benzene rings is 2. The number of hydrogen-bond acceptors (Lipinski definition) is 9. The number of ether oxygens (including phenoxy) is 3. The van der Waals surface area contributed by atoms with Gasteiger partial charge in [0.15, 0.2) is 11.2 Å². The van der Waals surface area contributed by atoms with Gasteiger partial charge in [0, 0.05) is 17.2 Å². The van der Waals surface area contributed by atoms with Crippen molar-refractivity contribution in [3.8, 4) is 17.2 Å². The number of carbonyl (C=O) groups is 2. The third kappa shape index (κ3) is 7.10. The quantitative estimate of drug-likeness (QED) is 0.145. The van der Waals surface area contributed by atoms with E-state index in [0.717, 1.165) is 12.5 Å². The number of rotatable bonds is 13. The van der Waals surface area contributed by atoms with Crippen LogP contribution in [0.4, 0.5) is 0 Å². The molecule has 0 aliphatic heterocycles. The van der Waals surface area contributed by atoms with E-state index in [1.54, 1.807) is 25.1 Å². The summed E-state index contributed by atoms with van der Waals surface area (Å²) in [5.74, 6) is -0.422. The number of phenolic OH excluding ortho intramolecular Hbond substituents is 1. The van der Waals surface area contributed by atoms with Crippen molar-refractivity contribution in [2.24, 2.45) is 0 Å². The van der Waals surface area contributed by atoms with Crippen LogP contribution in [-0.4, -0.2) is 47.9 Å². The molecule has 0 spiro atoms. The van der Waals surface area contributed by atoms with Crippen LogP contribution >= 0.6 is 22.6 Å². The molecule has 9 nitrogen and oxygen atoms in total. The molecule has 2 N–H and O–H groups in total. The Morgan fingerprint density at radius 1 is 1.03 bits per heavy atom. The molecule has 2 aromatic carbocycles. The molecule has 1 heterocycles. The van der Waals surface area contributed by atoms with Gasteiger partial charge < -0.3 is 28.8 Å². The molecule has 1 unspecified atom stereocenters. The maximum Gasteiger partial charge on any atom is 0.374 e. The molecule has 0 aliphatic carbocycles. The molecule has 0 amide bonds. The summed E-state index contributed by atoms with van der Waals surface area (Å²) in [6, 6.07) is 5.89. The summed E-state index contributed by atoms with van der Waals surface area (Å²) < 4.78 is 23.2. The normalized spacial score (nSPS) is 11.8. The number of Topliss-reactive ketones (excluding diaryl/α,β-unsaturated/α-hetero) is 1. The number of ketones is 1. The van der Waals surface area contributed by atoms with Crippen LogP contribution in [0.1, 0.15) is 72.6 Å². The van der Waals surface area contributed by atoms with Crippen molar-refractivity contribution in [2.75, 3.05) is 19.8 Å². The SMILES string of the molecule is CCCc1c(O)c(C(C)=O)cc(I)c1OCC(O)COc1ccc2c(=O)cc(C(=O)OCC)oc2c1CCC. The minimum Gasteiger partial charge on any atom is -0.507 e. The highest BCUT2D eigenvalue weighted by molar-refractivity contribution is 14.1. The largest absolute Gasteiger partial charge is 0.507 e. The third-order valence-electron chi connectivity index (χ3n) is 5.97. The van der Waals surface area contributed by atoms with Gasteiger partial charge in [-0.2, -0.15) is 0 Å². The number of aliphatic hydroxyl groups is 1. The second kappa shape index (κ2) is 13.8. The molecule has 39 heavy (non-hydrogen) atoms. The van der Waals surface area contributed by atoms with Crippen LogP contribution < -0.4 is 14.9 Å². The first-order valence-corrected chi connectivity index (χ1v) is 14.0. The Hall–Kier alpha value is -3.12. The highest BCUT2D eigenvalue weighted by Gasteiger charge is 2.22. The number of aromatic hydroxyl groups is 1. The van der Waals surface area contributed by atoms with Crippen LogP contribution in [0.25, 0.3) is 11.0 Å². The maximum atomic E-state index is 12.6. The van der Waals surface area contributed by atoms with Crippen molar-refractivity contribution < 1.29 is 38.4 Å². The van der Waals surface area contributed by atoms with Crippen LogP contribution in [-0.2, 0) is 17.6 Å². The Morgan fingerprint density at radius 3 is 2.33 bits per heavy atom. The first-order chi connectivity index (χ1) is 18.6. The van der Waals surface area contributed by atoms with Crippen LogP contribution in [0.15, 0.2) is 33.5 Å². The lowest BCUT2D eigenvalue weighted by Crippen LogP contribution is -2.26. The Morgan fingerprint density at radius 2 is 1.69 bits per heavy atom. The molecule has 10 heteroatoms. The van der Waals surface area contributed by atoms with Gasteiger partial charge in [-0.15, -0.1) is 0 Å². The fourth-order valence-corrected chi connectivity index (χ4v) is 4.97. The number of carbonyl (C=O) groups excluding carboxylic acids is 2. The maximum absolute atomic E-state index is 12.6. The molecular formula is C29H33IO9. The summed E-state index contributed by atoms with van der Waals surface area (Å²) in [7, 11) is 0. The van der Waals surface area contributed by atoms with Gasteiger partial charge in [0.1, 0.15) is 42.1 Å². The Balaban J connectivity index is 1.82. The fourth-order valence-electron chi connectivity index (χ4n) is 4.18. The lowest BCUT2D eigenvalue weighted by Gasteiger charge is -2.19. The number of halogens is 1. The highest BCUT2D eigenvalue weighted by atomic mass is 127. The molecule has 0 radical (unpaired) electrons. The average molecular weight is 652 g/mol. The first kappa shape index (κ1) is 30.4. The van der Waals surface area contributed by atoms with Crippen molar-refractivity contribution >= 4 is 45.3 Å². The zero-order chi connectivity index (χ0) is 28.7. The molecule has 3 rings (SSSR count). The topological polar surface area (TPSA) is 132 Å². The van der Waals surface area contributed by atoms with E-state index in [9.17, 15) is 24.6 Å². The monoisotopic (exact) mass is 652 g/mol. The summed E-state index contributed by atoms with van der Waals surface area (Å²) in [5.41, 5.74) is 1.24. The number of phenols is 1. The lowest BCUT2D eigenvalue weighted by atomic mass is 10.0. The van der Waals surface area contributed by atoms with Gasteiger partial charge in [0.2, 0.25) is 5.76 Å². The molecule has 210 valence electrons. The third-order valence-corrected chi connectivity index (χ3v) is 6.77. The smallest absolute Gasteiger partial charge is 0.374 e. The van der Waals surface area contributed by atoms with Gasteiger partial charge in [-0.3, -0.25) is 9.59 Å². The van der Waals surface area contributed by atoms with Gasteiger partial charge >= 0.3 is 5.97 Å². The van der Waals surface area contributed by atoms with E-state index < -0.39 is 12.1 Å². The van der Waals surface area contributed by atoms with Crippen LogP contribution in [0, 0.1) is 3.57 Å². The van der Waals surface area contributed by atoms with E-state index in [4.69, 9.17) is 18.6 Å². The number of aryl methyl sites for hydroxylation is 1. The lowest BCUT2D eigenvalue weighted by molar-refractivity contribution is 0.0490. The van der Waals surface area contributed by atoms with E-state index in [1.807, 2.05) is 36.4 Å². The van der Waals surface area contributed by atoms with Gasteiger partial charge in [-0.25, -0.2) is 4.79 Å². The molecule has 0 aliphatic rings. The second-order valence-electron chi connectivity index (χ2n) is 9.01. The van der Waals surface area contributed by atoms with Crippen molar-refractivity contribution in [3.05, 3.63) is 60.5 Å². The zero-order valence-electron chi connectivity index (χ0n) is 22.5. The first-order valence-electron chi connectivity index (χ1n) is 12.9. The average Bonchev–Trinajstić information content (AvgIpc) is 2.89. The second-order valence-corrected chi connectivity index (χ2v) is 10.2. The summed E-state index contributed by atoms with van der Waals surface area (Å²) >= 11 is 2.04. The predicted molar refractivity (Wildman–Crippen MR) is 154 cm³/mol. The van der Waals surface area contributed by atoms with Crippen molar-refractivity contribution in [1.29, 1.82) is 0 Å². The summed E-state index contributed by atoms with van der Waals surface area (Å²) in [4.78, 5) is 36.8. The number of esters is 1. The van der Waals surface area contributed by atoms with Crippen molar-refractivity contribution in [3.63, 3.8) is 0 Å². The Labute approximate surface area is 240 Å². The molecule has 0 bridgehead atoms. The number of hydrogen-bond donors (Lipinski definition) is 2. The molecule has 1 aromatic heterocycles. The van der Waals surface area contributed by atoms with Crippen LogP contribution in [0.3, 0.4) is 0 Å². The molecule has 1 atom stereocenters. The van der Waals surface area contributed by atoms with Gasteiger partial charge in [-0.1, -0.05) is 26.7 Å². The van der Waals surface area contributed by atoms with E-state index in [2.05, 4.69) is 0 Å². The standard InChI is InChI=1S/C29H33IO9/c1-5-8-19-24(11-10-18-23(33)13-25(39-27(18)19)29(35)36-7-3)37-14-17(32)15-38-28-20(9-6-2)26(34)21(16(4)31)12-22(28)30/h10-13,17,32,34H,5-9,14-15H2,1-4H3. The summed E-state index contributed by atoms with van der Waals surface area (Å²) in [6.07, 6.45) is 1.42. The van der Waals surface area contributed by atoms with Gasteiger partial charge in [0.25, 0.3) is 0 Å². The Bertz CT molecular complexity index is 1410. The molecule has 0 saturated carbocycles. The summed E-state index contributed by atoms with van der Waals surface area (Å²) in [6.45, 7) is 6.87. The van der Waals surface area contributed by atoms with Crippen LogP contribution in [0.5, 0.6) is 17.2 Å².